The standard InChI is InChI=1S/C45H71NO10/c1-28-12-8-7-9-13-29(2)39(49)25-35-18-16-33(6)45(54,56-35)27-43(52)46-21-11-10-14-36(46)44(53)55-42(26-40(50)31(4)22-28)30(3)15-19-37(47)32(5)23-34-17-20-38(48)41(51)24-34/h7-9,12-13,15,28,31-39,41-42,47-49,51,54H,10-11,14,16-27H2,1-6H3/b9-7+,12-8+,29-13+,30-15+/t28-,31-,32-,33-,34+,35+,36+,37?,38-,39+,41-,42+,45+/m1/s1. The van der Waals surface area contributed by atoms with E-state index in [0.717, 1.165) is 12.0 Å². The fourth-order valence-corrected chi connectivity index (χ4v) is 8.82. The summed E-state index contributed by atoms with van der Waals surface area (Å²) in [5.41, 5.74) is 1.40. The molecule has 0 spiro atoms. The van der Waals surface area contributed by atoms with Crippen LogP contribution in [0.5, 0.6) is 0 Å². The SMILES string of the molecule is C/C(=C\CC(O)[C@H](C)C[C@@H]1CC[C@@H](O)[C@H](O)C1)[C@@H]1CC(=O)[C@H](C)C[C@H](C)/C=C/C=C/C=C(\C)[C@@H](O)C[C@@H]2CC[C@@H](C)[C@](O)(CC(=O)N3CCCC[C@H]3C(=O)O1)O2. The van der Waals surface area contributed by atoms with Crippen LogP contribution >= 0.6 is 0 Å². The van der Waals surface area contributed by atoms with E-state index in [9.17, 15) is 39.9 Å². The lowest BCUT2D eigenvalue weighted by molar-refractivity contribution is -0.283. The molecule has 0 aromatic rings. The molecule has 1 saturated carbocycles. The molecule has 4 aliphatic rings. The number of ether oxygens (including phenoxy) is 2. The van der Waals surface area contributed by atoms with E-state index in [4.69, 9.17) is 9.47 Å². The molecule has 3 fully saturated rings. The summed E-state index contributed by atoms with van der Waals surface area (Å²) in [4.78, 5) is 43.3. The smallest absolute Gasteiger partial charge is 0.329 e. The maximum Gasteiger partial charge on any atom is 0.329 e. The van der Waals surface area contributed by atoms with Gasteiger partial charge in [0.05, 0.1) is 36.9 Å². The number of rotatable bonds is 6. The number of fused-ring (bicyclic) bond motifs is 3. The molecule has 1 unspecified atom stereocenters. The number of piperidine rings is 1. The maximum absolute atomic E-state index is 14.1. The highest BCUT2D eigenvalue weighted by Crippen LogP contribution is 2.38. The number of nitrogens with zero attached hydrogens (tertiary/aromatic N) is 1. The first-order valence-corrected chi connectivity index (χ1v) is 21.3. The van der Waals surface area contributed by atoms with Crippen molar-refractivity contribution >= 4 is 17.7 Å². The van der Waals surface area contributed by atoms with Crippen LogP contribution in [0.15, 0.2) is 47.6 Å². The van der Waals surface area contributed by atoms with Crippen molar-refractivity contribution in [3.8, 4) is 0 Å². The molecule has 11 nitrogen and oxygen atoms in total. The van der Waals surface area contributed by atoms with Gasteiger partial charge < -0.3 is 39.9 Å². The van der Waals surface area contributed by atoms with E-state index in [1.165, 1.54) is 4.90 Å². The summed E-state index contributed by atoms with van der Waals surface area (Å²) < 4.78 is 12.4. The average molecular weight is 786 g/mol. The number of carbonyl (C=O) groups is 3. The molecule has 0 aromatic carbocycles. The number of hydrogen-bond acceptors (Lipinski definition) is 10. The Labute approximate surface area is 334 Å². The minimum Gasteiger partial charge on any atom is -0.456 e. The van der Waals surface area contributed by atoms with E-state index in [1.807, 2.05) is 71.1 Å². The largest absolute Gasteiger partial charge is 0.456 e. The summed E-state index contributed by atoms with van der Waals surface area (Å²) in [6.07, 6.45) is 13.5. The summed E-state index contributed by atoms with van der Waals surface area (Å²) in [6.45, 7) is 11.7. The van der Waals surface area contributed by atoms with Crippen LogP contribution in [-0.2, 0) is 23.9 Å². The molecule has 3 heterocycles. The second kappa shape index (κ2) is 21.4. The molecular formula is C45H71NO10. The highest BCUT2D eigenvalue weighted by Gasteiger charge is 2.46. The lowest BCUT2D eigenvalue weighted by Crippen LogP contribution is -2.54. The zero-order valence-corrected chi connectivity index (χ0v) is 34.7. The Morgan fingerprint density at radius 3 is 2.45 bits per heavy atom. The summed E-state index contributed by atoms with van der Waals surface area (Å²) in [5, 5.41) is 53.9. The van der Waals surface area contributed by atoms with Gasteiger partial charge in [-0.15, -0.1) is 0 Å². The average Bonchev–Trinajstić information content (AvgIpc) is 3.15. The Morgan fingerprint density at radius 2 is 1.71 bits per heavy atom. The molecule has 1 amide bonds. The van der Waals surface area contributed by atoms with Crippen LogP contribution in [0.2, 0.25) is 0 Å². The number of esters is 1. The molecule has 2 bridgehead atoms. The van der Waals surface area contributed by atoms with Gasteiger partial charge in [-0.25, -0.2) is 4.79 Å². The number of hydrogen-bond donors (Lipinski definition) is 5. The van der Waals surface area contributed by atoms with Gasteiger partial charge in [0.2, 0.25) is 5.91 Å². The van der Waals surface area contributed by atoms with E-state index >= 15 is 0 Å². The molecule has 0 aromatic heterocycles. The Morgan fingerprint density at radius 1 is 0.964 bits per heavy atom. The lowest BCUT2D eigenvalue weighted by Gasteiger charge is -2.44. The number of aliphatic hydroxyl groups is 5. The van der Waals surface area contributed by atoms with E-state index in [-0.39, 0.29) is 61.1 Å². The van der Waals surface area contributed by atoms with Gasteiger partial charge in [0.25, 0.3) is 0 Å². The van der Waals surface area contributed by atoms with Gasteiger partial charge in [-0.1, -0.05) is 64.2 Å². The van der Waals surface area contributed by atoms with Gasteiger partial charge in [-0.3, -0.25) is 9.59 Å². The lowest BCUT2D eigenvalue weighted by atomic mass is 9.79. The molecule has 2 saturated heterocycles. The second-order valence-corrected chi connectivity index (χ2v) is 17.8. The highest BCUT2D eigenvalue weighted by molar-refractivity contribution is 5.86. The third-order valence-corrected chi connectivity index (χ3v) is 13.0. The van der Waals surface area contributed by atoms with Crippen molar-refractivity contribution in [1.29, 1.82) is 0 Å². The van der Waals surface area contributed by atoms with E-state index < -0.39 is 60.3 Å². The van der Waals surface area contributed by atoms with Crippen molar-refractivity contribution in [2.75, 3.05) is 6.54 Å². The molecule has 11 heteroatoms. The van der Waals surface area contributed by atoms with Crippen LogP contribution in [0.3, 0.4) is 0 Å². The topological polar surface area (TPSA) is 174 Å². The minimum absolute atomic E-state index is 0.0426. The number of carbonyl (C=O) groups excluding carboxylic acids is 3. The van der Waals surface area contributed by atoms with Crippen LogP contribution in [0.4, 0.5) is 0 Å². The van der Waals surface area contributed by atoms with E-state index in [2.05, 4.69) is 0 Å². The molecule has 56 heavy (non-hydrogen) atoms. The highest BCUT2D eigenvalue weighted by atomic mass is 16.6. The molecule has 316 valence electrons. The van der Waals surface area contributed by atoms with Crippen molar-refractivity contribution in [2.24, 2.45) is 29.6 Å². The number of cyclic esters (lactones) is 1. The number of Topliss-reactive ketones (excluding diaryl/α,β-unsaturated/α-hetero) is 1. The maximum atomic E-state index is 14.1. The Balaban J connectivity index is 1.57. The predicted octanol–water partition coefficient (Wildman–Crippen LogP) is 5.86. The Kier molecular flexibility index (Phi) is 17.6. The normalized spacial score (nSPS) is 39.7. The Bertz CT molecular complexity index is 1440. The van der Waals surface area contributed by atoms with Gasteiger partial charge in [-0.2, -0.15) is 0 Å². The van der Waals surface area contributed by atoms with Crippen molar-refractivity contribution < 1.29 is 49.4 Å². The van der Waals surface area contributed by atoms with Crippen LogP contribution in [0.25, 0.3) is 0 Å². The van der Waals surface area contributed by atoms with Gasteiger partial charge in [0, 0.05) is 31.2 Å². The zero-order valence-electron chi connectivity index (χ0n) is 34.7. The quantitative estimate of drug-likeness (QED) is 0.162. The summed E-state index contributed by atoms with van der Waals surface area (Å²) in [6, 6.07) is -0.888. The van der Waals surface area contributed by atoms with Gasteiger partial charge in [-0.05, 0) is 113 Å². The molecule has 3 aliphatic heterocycles. The fraction of sp³-hybridized carbons (Fsp3) is 0.756. The fourth-order valence-electron chi connectivity index (χ4n) is 8.82. The Hall–Kier alpha value is -2.67. The monoisotopic (exact) mass is 786 g/mol. The van der Waals surface area contributed by atoms with E-state index in [1.54, 1.807) is 6.92 Å². The van der Waals surface area contributed by atoms with Gasteiger partial charge in [0.1, 0.15) is 17.9 Å². The summed E-state index contributed by atoms with van der Waals surface area (Å²) in [5.74, 6) is -3.28. The minimum atomic E-state index is -1.76. The summed E-state index contributed by atoms with van der Waals surface area (Å²) >= 11 is 0. The molecule has 5 N–H and O–H groups in total. The van der Waals surface area contributed by atoms with Gasteiger partial charge >= 0.3 is 5.97 Å². The van der Waals surface area contributed by atoms with E-state index in [0.29, 0.717) is 69.9 Å². The third-order valence-electron chi connectivity index (χ3n) is 13.0. The molecule has 4 rings (SSSR count). The molecule has 13 atom stereocenters. The van der Waals surface area contributed by atoms with Crippen molar-refractivity contribution in [1.82, 2.24) is 4.90 Å². The zero-order chi connectivity index (χ0) is 41.2. The number of amides is 1. The summed E-state index contributed by atoms with van der Waals surface area (Å²) in [7, 11) is 0. The number of aliphatic hydroxyl groups excluding tert-OH is 4. The van der Waals surface area contributed by atoms with Gasteiger partial charge in [0.15, 0.2) is 5.79 Å². The molecular weight excluding hydrogens is 714 g/mol. The first-order chi connectivity index (χ1) is 26.5. The first kappa shape index (κ1) is 46.0. The first-order valence-electron chi connectivity index (χ1n) is 21.3. The number of allylic oxidation sites excluding steroid dienone is 5. The molecule has 0 radical (unpaired) electrons. The van der Waals surface area contributed by atoms with Crippen LogP contribution in [-0.4, -0.2) is 103 Å². The number of ketones is 1. The van der Waals surface area contributed by atoms with Crippen LogP contribution < -0.4 is 0 Å². The molecule has 1 aliphatic carbocycles. The predicted molar refractivity (Wildman–Crippen MR) is 215 cm³/mol. The van der Waals surface area contributed by atoms with Crippen molar-refractivity contribution in [3.05, 3.63) is 47.6 Å². The van der Waals surface area contributed by atoms with Crippen molar-refractivity contribution in [2.45, 2.75) is 180 Å². The second-order valence-electron chi connectivity index (χ2n) is 17.8. The van der Waals surface area contributed by atoms with Crippen LogP contribution in [0.1, 0.15) is 131 Å². The third kappa shape index (κ3) is 13.2. The van der Waals surface area contributed by atoms with Crippen molar-refractivity contribution in [3.63, 3.8) is 0 Å². The van der Waals surface area contributed by atoms with Crippen LogP contribution in [0, 0.1) is 29.6 Å².